The Hall–Kier alpha value is -0.440. The van der Waals surface area contributed by atoms with Gasteiger partial charge in [-0.05, 0) is 6.42 Å². The number of rotatable bonds is 4. The van der Waals surface area contributed by atoms with Gasteiger partial charge in [0.15, 0.2) is 0 Å². The number of aliphatic carboxylic acids is 1. The maximum Gasteiger partial charge on any atom is 0.341 e. The van der Waals surface area contributed by atoms with Crippen molar-refractivity contribution in [2.24, 2.45) is 0 Å². The molecule has 0 fully saturated rings. The van der Waals surface area contributed by atoms with E-state index in [4.69, 9.17) is 5.11 Å². The average Bonchev–Trinajstić information content (AvgIpc) is 1.86. The molecule has 0 aliphatic carbocycles. The minimum absolute atomic E-state index is 0.337. The summed E-state index contributed by atoms with van der Waals surface area (Å²) < 4.78 is 0. The minimum atomic E-state index is -0.814. The van der Waals surface area contributed by atoms with Gasteiger partial charge in [0.2, 0.25) is 0 Å². The van der Waals surface area contributed by atoms with Crippen LogP contribution in [-0.4, -0.2) is 16.3 Å². The van der Waals surface area contributed by atoms with E-state index >= 15 is 0 Å². The highest BCUT2D eigenvalue weighted by atomic mass is 32.2. The summed E-state index contributed by atoms with van der Waals surface area (Å²) in [5, 5.41) is 9.00. The summed E-state index contributed by atoms with van der Waals surface area (Å²) in [7, 11) is 0. The third-order valence-electron chi connectivity index (χ3n) is 0.963. The summed E-state index contributed by atoms with van der Waals surface area (Å²) in [5.41, 5.74) is 0. The van der Waals surface area contributed by atoms with Gasteiger partial charge in [-0.25, -0.2) is 4.79 Å². The lowest BCUT2D eigenvalue weighted by atomic mass is 10.4. The lowest BCUT2D eigenvalue weighted by molar-refractivity contribution is -0.131. The SMILES string of the molecule is CC/C=C(\SC(C)C)C(=O)O. The van der Waals surface area contributed by atoms with Crippen molar-refractivity contribution in [1.29, 1.82) is 0 Å². The molecule has 11 heavy (non-hydrogen) atoms. The Balaban J connectivity index is 4.12. The third kappa shape index (κ3) is 4.90. The topological polar surface area (TPSA) is 37.3 Å². The van der Waals surface area contributed by atoms with Gasteiger partial charge in [0.1, 0.15) is 0 Å². The molecular weight excluding hydrogens is 160 g/mol. The molecule has 0 aromatic heterocycles. The fourth-order valence-electron chi connectivity index (χ4n) is 0.625. The molecule has 0 atom stereocenters. The lowest BCUT2D eigenvalue weighted by Crippen LogP contribution is -2.00. The van der Waals surface area contributed by atoms with E-state index in [0.29, 0.717) is 10.2 Å². The van der Waals surface area contributed by atoms with Crippen LogP contribution in [0.2, 0.25) is 0 Å². The first-order valence-electron chi connectivity index (χ1n) is 3.68. The second kappa shape index (κ2) is 5.24. The van der Waals surface area contributed by atoms with E-state index in [1.54, 1.807) is 6.08 Å². The largest absolute Gasteiger partial charge is 0.477 e. The molecule has 0 radical (unpaired) electrons. The van der Waals surface area contributed by atoms with E-state index in [9.17, 15) is 4.79 Å². The number of hydrogen-bond donors (Lipinski definition) is 1. The molecule has 0 aliphatic rings. The van der Waals surface area contributed by atoms with Crippen LogP contribution in [-0.2, 0) is 4.79 Å². The van der Waals surface area contributed by atoms with Crippen LogP contribution in [0.5, 0.6) is 0 Å². The molecule has 1 N–H and O–H groups in total. The summed E-state index contributed by atoms with van der Waals surface area (Å²) >= 11 is 1.39. The molecule has 0 spiro atoms. The van der Waals surface area contributed by atoms with Crippen LogP contribution in [0.25, 0.3) is 0 Å². The van der Waals surface area contributed by atoms with Gasteiger partial charge in [-0.3, -0.25) is 0 Å². The monoisotopic (exact) mass is 174 g/mol. The quantitative estimate of drug-likeness (QED) is 0.665. The van der Waals surface area contributed by atoms with Crippen molar-refractivity contribution in [2.75, 3.05) is 0 Å². The van der Waals surface area contributed by atoms with Gasteiger partial charge in [-0.15, -0.1) is 11.8 Å². The molecule has 0 heterocycles. The van der Waals surface area contributed by atoms with Gasteiger partial charge in [0.25, 0.3) is 0 Å². The van der Waals surface area contributed by atoms with Crippen LogP contribution in [0, 0.1) is 0 Å². The summed E-state index contributed by atoms with van der Waals surface area (Å²) in [6.07, 6.45) is 2.52. The van der Waals surface area contributed by atoms with E-state index in [-0.39, 0.29) is 0 Å². The van der Waals surface area contributed by atoms with Gasteiger partial charge in [-0.2, -0.15) is 0 Å². The van der Waals surface area contributed by atoms with Gasteiger partial charge in [0.05, 0.1) is 4.91 Å². The van der Waals surface area contributed by atoms with Crippen molar-refractivity contribution in [3.05, 3.63) is 11.0 Å². The Morgan fingerprint density at radius 2 is 2.18 bits per heavy atom. The molecule has 3 heteroatoms. The highest BCUT2D eigenvalue weighted by molar-refractivity contribution is 8.04. The second-order valence-corrected chi connectivity index (χ2v) is 4.07. The van der Waals surface area contributed by atoms with Crippen LogP contribution in [0.4, 0.5) is 0 Å². The standard InChI is InChI=1S/C8H14O2S/c1-4-5-7(8(9)10)11-6(2)3/h5-6H,4H2,1-3H3,(H,9,10)/b7-5-. The number of allylic oxidation sites excluding steroid dienone is 1. The molecule has 0 bridgehead atoms. The second-order valence-electron chi connectivity index (χ2n) is 2.45. The summed E-state index contributed by atoms with van der Waals surface area (Å²) in [6.45, 7) is 5.90. The van der Waals surface area contributed by atoms with Crippen LogP contribution in [0.15, 0.2) is 11.0 Å². The normalized spacial score (nSPS) is 12.2. The zero-order chi connectivity index (χ0) is 8.85. The van der Waals surface area contributed by atoms with Crippen molar-refractivity contribution in [3.8, 4) is 0 Å². The number of thioether (sulfide) groups is 1. The molecule has 0 amide bonds. The Bertz CT molecular complexity index is 161. The summed E-state index contributed by atoms with van der Waals surface area (Å²) in [5.74, 6) is -0.814. The average molecular weight is 174 g/mol. The zero-order valence-corrected chi connectivity index (χ0v) is 7.94. The molecule has 0 aromatic carbocycles. The zero-order valence-electron chi connectivity index (χ0n) is 7.13. The maximum absolute atomic E-state index is 10.5. The fourth-order valence-corrected chi connectivity index (χ4v) is 1.50. The number of carbonyl (C=O) groups is 1. The number of carboxylic acids is 1. The van der Waals surface area contributed by atoms with E-state index in [1.807, 2.05) is 20.8 Å². The fraction of sp³-hybridized carbons (Fsp3) is 0.625. The van der Waals surface area contributed by atoms with Gasteiger partial charge >= 0.3 is 5.97 Å². The first-order chi connectivity index (χ1) is 5.07. The van der Waals surface area contributed by atoms with E-state index in [0.717, 1.165) is 6.42 Å². The van der Waals surface area contributed by atoms with Crippen molar-refractivity contribution < 1.29 is 9.90 Å². The van der Waals surface area contributed by atoms with Crippen molar-refractivity contribution in [3.63, 3.8) is 0 Å². The minimum Gasteiger partial charge on any atom is -0.477 e. The van der Waals surface area contributed by atoms with E-state index in [2.05, 4.69) is 0 Å². The van der Waals surface area contributed by atoms with E-state index < -0.39 is 5.97 Å². The molecule has 2 nitrogen and oxygen atoms in total. The van der Waals surface area contributed by atoms with Gasteiger partial charge < -0.3 is 5.11 Å². The van der Waals surface area contributed by atoms with Crippen LogP contribution in [0.1, 0.15) is 27.2 Å². The molecule has 0 unspecified atom stereocenters. The lowest BCUT2D eigenvalue weighted by Gasteiger charge is -2.03. The molecular formula is C8H14O2S. The predicted molar refractivity (Wildman–Crippen MR) is 48.7 cm³/mol. The van der Waals surface area contributed by atoms with Crippen LogP contribution >= 0.6 is 11.8 Å². The molecule has 0 saturated carbocycles. The Kier molecular flexibility index (Phi) is 5.03. The molecule has 0 aliphatic heterocycles. The third-order valence-corrected chi connectivity index (χ3v) is 2.03. The summed E-state index contributed by atoms with van der Waals surface area (Å²) in [4.78, 5) is 11.0. The van der Waals surface area contributed by atoms with Gasteiger partial charge in [0, 0.05) is 5.25 Å². The van der Waals surface area contributed by atoms with Crippen LogP contribution < -0.4 is 0 Å². The van der Waals surface area contributed by atoms with Crippen molar-refractivity contribution in [1.82, 2.24) is 0 Å². The predicted octanol–water partition coefficient (Wildman–Crippen LogP) is 2.51. The molecule has 0 saturated heterocycles. The van der Waals surface area contributed by atoms with Crippen LogP contribution in [0.3, 0.4) is 0 Å². The summed E-state index contributed by atoms with van der Waals surface area (Å²) in [6, 6.07) is 0. The van der Waals surface area contributed by atoms with Crippen molar-refractivity contribution >= 4 is 17.7 Å². The number of hydrogen-bond acceptors (Lipinski definition) is 2. The Morgan fingerprint density at radius 3 is 2.45 bits per heavy atom. The van der Waals surface area contributed by atoms with Gasteiger partial charge in [-0.1, -0.05) is 26.8 Å². The van der Waals surface area contributed by atoms with Crippen molar-refractivity contribution in [2.45, 2.75) is 32.4 Å². The highest BCUT2D eigenvalue weighted by Gasteiger charge is 2.08. The smallest absolute Gasteiger partial charge is 0.341 e. The molecule has 0 aromatic rings. The highest BCUT2D eigenvalue weighted by Crippen LogP contribution is 2.21. The number of carboxylic acid groups (broad SMARTS) is 1. The molecule has 0 rings (SSSR count). The Morgan fingerprint density at radius 1 is 1.64 bits per heavy atom. The maximum atomic E-state index is 10.5. The first-order valence-corrected chi connectivity index (χ1v) is 4.56. The molecule has 64 valence electrons. The van der Waals surface area contributed by atoms with E-state index in [1.165, 1.54) is 11.8 Å². The first kappa shape index (κ1) is 10.6. The Labute approximate surface area is 71.7 Å².